The molecule has 11 rings (SSSR count). The Morgan fingerprint density at radius 1 is 0.676 bits per heavy atom. The van der Waals surface area contributed by atoms with E-state index in [1.165, 1.54) is 33.1 Å². The maximum Gasteiger partial charge on any atom is 0.278 e. The van der Waals surface area contributed by atoms with Crippen LogP contribution in [0.25, 0.3) is 33.7 Å². The lowest BCUT2D eigenvalue weighted by Gasteiger charge is -2.25. The van der Waals surface area contributed by atoms with Crippen LogP contribution in [-0.4, -0.2) is 95.8 Å². The summed E-state index contributed by atoms with van der Waals surface area (Å²) in [5.41, 5.74) is 5.26. The molecule has 2 aliphatic heterocycles. The average Bonchev–Trinajstić information content (AvgIpc) is 3.93. The molecule has 8 aromatic rings. The van der Waals surface area contributed by atoms with Crippen LogP contribution in [0.2, 0.25) is 0 Å². The predicted octanol–water partition coefficient (Wildman–Crippen LogP) is 6.08. The zero-order valence-electron chi connectivity index (χ0n) is 40.7. The first-order valence-corrected chi connectivity index (χ1v) is 24.2. The number of aliphatic hydroxyl groups is 2. The smallest absolute Gasteiger partial charge is 0.278 e. The van der Waals surface area contributed by atoms with E-state index >= 15 is 0 Å². The van der Waals surface area contributed by atoms with Crippen LogP contribution >= 0.6 is 0 Å². The first-order chi connectivity index (χ1) is 34.1. The van der Waals surface area contributed by atoms with Crippen LogP contribution in [0.15, 0.2) is 107 Å². The third-order valence-corrected chi connectivity index (χ3v) is 14.2. The standard InChI is InChI=1S/C53H58N14O4/c1-7-20-64-48(68)40-27-54-50(56-38-16-14-32-18-21-62(5)29-36(32)24-38)60-46(40)66(64)45-13-9-11-43(59-45)53(4,71)26-34-23-35(34)31-65-49(69)41-28-55-51(57-39-17-15-33-19-22-63(6)30-37(33)25-39)61-47(41)67(65)44-12-8-10-42(58-44)52(2,3)70/h7-17,24-25,27-28,34-35,70-71H,1,18-23,26,29-31H2,2-6H3,(H,54,56,60)(H,55,57,61). The van der Waals surface area contributed by atoms with Gasteiger partial charge in [0.1, 0.15) is 22.0 Å². The quantitative estimate of drug-likeness (QED) is 0.0914. The molecule has 18 heteroatoms. The Morgan fingerprint density at radius 3 is 1.75 bits per heavy atom. The van der Waals surface area contributed by atoms with E-state index in [1.807, 2.05) is 24.3 Å². The number of nitrogens with zero attached hydrogens (tertiary/aromatic N) is 12. The normalized spacial score (nSPS) is 18.0. The van der Waals surface area contributed by atoms with Gasteiger partial charge in [0.25, 0.3) is 11.1 Å². The van der Waals surface area contributed by atoms with Crippen LogP contribution in [0.1, 0.15) is 67.3 Å². The summed E-state index contributed by atoms with van der Waals surface area (Å²) in [7, 11) is 4.23. The van der Waals surface area contributed by atoms with Gasteiger partial charge >= 0.3 is 0 Å². The number of fused-ring (bicyclic) bond motifs is 4. The fourth-order valence-electron chi connectivity index (χ4n) is 10.2. The number of nitrogens with one attached hydrogen (secondary N) is 2. The Labute approximate surface area is 410 Å². The molecule has 0 radical (unpaired) electrons. The summed E-state index contributed by atoms with van der Waals surface area (Å²) < 4.78 is 6.55. The van der Waals surface area contributed by atoms with Gasteiger partial charge in [0.15, 0.2) is 22.9 Å². The molecule has 3 aliphatic rings. The summed E-state index contributed by atoms with van der Waals surface area (Å²) in [6.45, 7) is 13.2. The molecule has 3 atom stereocenters. The van der Waals surface area contributed by atoms with Crippen LogP contribution in [-0.2, 0) is 50.2 Å². The van der Waals surface area contributed by atoms with Crippen molar-refractivity contribution in [2.75, 3.05) is 37.8 Å². The predicted molar refractivity (Wildman–Crippen MR) is 273 cm³/mol. The molecule has 0 spiro atoms. The number of hydrogen-bond acceptors (Lipinski definition) is 14. The fourth-order valence-corrected chi connectivity index (χ4v) is 10.2. The molecule has 1 fully saturated rings. The minimum Gasteiger partial charge on any atom is -0.384 e. The van der Waals surface area contributed by atoms with Crippen molar-refractivity contribution >= 4 is 45.3 Å². The summed E-state index contributed by atoms with van der Waals surface area (Å²) in [5, 5.41) is 30.6. The second-order valence-electron chi connectivity index (χ2n) is 20.3. The highest BCUT2D eigenvalue weighted by Gasteiger charge is 2.44. The molecule has 0 saturated heterocycles. The Balaban J connectivity index is 0.874. The lowest BCUT2D eigenvalue weighted by atomic mass is 9.94. The van der Waals surface area contributed by atoms with Crippen molar-refractivity contribution in [3.05, 3.63) is 152 Å². The van der Waals surface area contributed by atoms with Crippen LogP contribution < -0.4 is 21.8 Å². The Hall–Kier alpha value is -7.38. The molecule has 0 amide bonds. The Morgan fingerprint density at radius 2 is 1.20 bits per heavy atom. The molecular weight excluding hydrogens is 897 g/mol. The van der Waals surface area contributed by atoms with Crippen LogP contribution in [0.4, 0.5) is 23.3 Å². The van der Waals surface area contributed by atoms with Gasteiger partial charge in [-0.05, 0) is 143 Å². The SMILES string of the molecule is C=CCn1c(=O)c2cnc(Nc3ccc4c(c3)CN(C)CC4)nc2n1-c1cccc(C(C)(O)CC2CC2Cn2c(=O)c3cnc(Nc4ccc5c(c4)CN(C)CC5)nc3n2-c2cccc(C(C)(C)O)n2)n1. The van der Waals surface area contributed by atoms with Gasteiger partial charge in [-0.3, -0.25) is 9.59 Å². The minimum atomic E-state index is -1.39. The number of allylic oxidation sites excluding steroid dienone is 1. The monoisotopic (exact) mass is 954 g/mol. The van der Waals surface area contributed by atoms with E-state index in [2.05, 4.69) is 75.3 Å². The molecule has 1 saturated carbocycles. The van der Waals surface area contributed by atoms with Gasteiger partial charge in [-0.25, -0.2) is 38.7 Å². The van der Waals surface area contributed by atoms with Gasteiger partial charge in [0, 0.05) is 56.5 Å². The van der Waals surface area contributed by atoms with Gasteiger partial charge in [-0.15, -0.1) is 6.58 Å². The molecule has 6 aromatic heterocycles. The van der Waals surface area contributed by atoms with E-state index in [9.17, 15) is 19.8 Å². The maximum atomic E-state index is 14.4. The average molecular weight is 955 g/mol. The molecule has 8 heterocycles. The number of pyridine rings is 2. The summed E-state index contributed by atoms with van der Waals surface area (Å²) in [5.74, 6) is 1.54. The van der Waals surface area contributed by atoms with Crippen molar-refractivity contribution in [1.29, 1.82) is 0 Å². The molecule has 0 bridgehead atoms. The highest BCUT2D eigenvalue weighted by Crippen LogP contribution is 2.47. The number of likely N-dealkylation sites (N-methyl/N-ethyl adjacent to an activating group) is 2. The molecule has 2 aromatic carbocycles. The second-order valence-corrected chi connectivity index (χ2v) is 20.3. The van der Waals surface area contributed by atoms with Gasteiger partial charge in [-0.2, -0.15) is 9.97 Å². The third kappa shape index (κ3) is 8.92. The van der Waals surface area contributed by atoms with Crippen LogP contribution in [0.5, 0.6) is 0 Å². The fraction of sp³-hybridized carbons (Fsp3) is 0.358. The van der Waals surface area contributed by atoms with Crippen molar-refractivity contribution in [1.82, 2.24) is 58.4 Å². The summed E-state index contributed by atoms with van der Waals surface area (Å²) in [4.78, 5) is 61.6. The van der Waals surface area contributed by atoms with E-state index in [1.54, 1.807) is 71.4 Å². The van der Waals surface area contributed by atoms with Crippen molar-refractivity contribution in [3.8, 4) is 11.6 Å². The Bertz CT molecular complexity index is 3510. The second kappa shape index (κ2) is 17.8. The van der Waals surface area contributed by atoms with Crippen LogP contribution in [0, 0.1) is 11.8 Å². The first kappa shape index (κ1) is 46.0. The lowest BCUT2D eigenvalue weighted by Crippen LogP contribution is -2.27. The zero-order valence-corrected chi connectivity index (χ0v) is 40.7. The van der Waals surface area contributed by atoms with Gasteiger partial charge in [0.2, 0.25) is 11.9 Å². The van der Waals surface area contributed by atoms with E-state index in [-0.39, 0.29) is 29.5 Å². The largest absolute Gasteiger partial charge is 0.384 e. The molecule has 364 valence electrons. The topological polar surface area (TPSA) is 202 Å². The number of anilines is 4. The molecule has 3 unspecified atom stereocenters. The highest BCUT2D eigenvalue weighted by molar-refractivity contribution is 5.78. The molecule has 1 aliphatic carbocycles. The number of benzene rings is 2. The molecule has 4 N–H and O–H groups in total. The number of rotatable bonds is 14. The van der Waals surface area contributed by atoms with E-state index in [0.717, 1.165) is 56.8 Å². The number of hydrogen-bond donors (Lipinski definition) is 4. The third-order valence-electron chi connectivity index (χ3n) is 14.2. The number of aromatic nitrogens is 10. The van der Waals surface area contributed by atoms with Gasteiger partial charge in [0.05, 0.1) is 17.9 Å². The van der Waals surface area contributed by atoms with Crippen molar-refractivity contribution in [3.63, 3.8) is 0 Å². The van der Waals surface area contributed by atoms with E-state index in [4.69, 9.17) is 19.9 Å². The van der Waals surface area contributed by atoms with Gasteiger partial charge in [-0.1, -0.05) is 30.3 Å². The van der Waals surface area contributed by atoms with E-state index < -0.39 is 11.2 Å². The van der Waals surface area contributed by atoms with E-state index in [0.29, 0.717) is 70.0 Å². The van der Waals surface area contributed by atoms with Gasteiger partial charge < -0.3 is 30.6 Å². The molecule has 18 nitrogen and oxygen atoms in total. The van der Waals surface area contributed by atoms with Crippen molar-refractivity contribution < 1.29 is 10.2 Å². The first-order valence-electron chi connectivity index (χ1n) is 24.2. The van der Waals surface area contributed by atoms with Crippen molar-refractivity contribution in [2.45, 2.75) is 83.8 Å². The minimum absolute atomic E-state index is 0.0203. The zero-order chi connectivity index (χ0) is 49.3. The van der Waals surface area contributed by atoms with Crippen LogP contribution in [0.3, 0.4) is 0 Å². The maximum absolute atomic E-state index is 14.4. The molecular formula is C53H58N14O4. The summed E-state index contributed by atoms with van der Waals surface area (Å²) in [6, 6.07) is 23.3. The molecule has 71 heavy (non-hydrogen) atoms. The Kier molecular flexibility index (Phi) is 11.5. The van der Waals surface area contributed by atoms with Crippen molar-refractivity contribution in [2.24, 2.45) is 11.8 Å². The lowest BCUT2D eigenvalue weighted by molar-refractivity contribution is 0.0353. The summed E-state index contributed by atoms with van der Waals surface area (Å²) >= 11 is 0. The summed E-state index contributed by atoms with van der Waals surface area (Å²) in [6.07, 6.45) is 7.83. The highest BCUT2D eigenvalue weighted by atomic mass is 16.3.